The molecule has 1 aliphatic carbocycles. The molecule has 1 saturated carbocycles. The van der Waals surface area contributed by atoms with Crippen molar-refractivity contribution in [3.8, 4) is 0 Å². The summed E-state index contributed by atoms with van der Waals surface area (Å²) in [6.07, 6.45) is 4.45. The van der Waals surface area contributed by atoms with Crippen LogP contribution < -0.4 is 5.43 Å². The first-order valence-electron chi connectivity index (χ1n) is 6.65. The second kappa shape index (κ2) is 5.57. The molecule has 2 rings (SSSR count). The predicted molar refractivity (Wildman–Crippen MR) is 72.2 cm³/mol. The van der Waals surface area contributed by atoms with E-state index in [4.69, 9.17) is 0 Å². The molecule has 1 amide bonds. The molecule has 0 spiro atoms. The average molecular weight is 264 g/mol. The van der Waals surface area contributed by atoms with E-state index in [-0.39, 0.29) is 22.9 Å². The van der Waals surface area contributed by atoms with Crippen molar-refractivity contribution in [2.24, 2.45) is 0 Å². The normalized spacial score (nSPS) is 23.1. The molecule has 2 atom stereocenters. The molecule has 1 aliphatic rings. The Morgan fingerprint density at radius 2 is 2.11 bits per heavy atom. The SMILES string of the molecule is Cc1cc(=O)c(C(=O)N(C)C2CCCCC2O)c[nH]1. The third-order valence-electron chi connectivity index (χ3n) is 3.80. The van der Waals surface area contributed by atoms with Crippen LogP contribution in [0.3, 0.4) is 0 Å². The summed E-state index contributed by atoms with van der Waals surface area (Å²) in [5.74, 6) is -0.327. The van der Waals surface area contributed by atoms with Crippen LogP contribution in [0.5, 0.6) is 0 Å². The third-order valence-corrected chi connectivity index (χ3v) is 3.80. The lowest BCUT2D eigenvalue weighted by Gasteiger charge is -2.35. The number of aromatic amines is 1. The Labute approximate surface area is 112 Å². The van der Waals surface area contributed by atoms with E-state index >= 15 is 0 Å². The molecule has 2 N–H and O–H groups in total. The molecule has 0 saturated heterocycles. The summed E-state index contributed by atoms with van der Waals surface area (Å²) in [7, 11) is 1.65. The average Bonchev–Trinajstić information content (AvgIpc) is 2.38. The molecule has 5 heteroatoms. The van der Waals surface area contributed by atoms with Crippen molar-refractivity contribution < 1.29 is 9.90 Å². The van der Waals surface area contributed by atoms with E-state index in [1.54, 1.807) is 14.0 Å². The highest BCUT2D eigenvalue weighted by molar-refractivity contribution is 5.93. The Kier molecular flexibility index (Phi) is 4.04. The number of aromatic nitrogens is 1. The molecule has 1 fully saturated rings. The minimum absolute atomic E-state index is 0.130. The lowest BCUT2D eigenvalue weighted by atomic mass is 9.91. The predicted octanol–water partition coefficient (Wildman–Crippen LogP) is 1.06. The van der Waals surface area contributed by atoms with E-state index in [0.29, 0.717) is 6.42 Å². The molecule has 0 aromatic carbocycles. The smallest absolute Gasteiger partial charge is 0.259 e. The van der Waals surface area contributed by atoms with Crippen molar-refractivity contribution in [2.45, 2.75) is 44.8 Å². The van der Waals surface area contributed by atoms with Gasteiger partial charge in [0.05, 0.1) is 12.1 Å². The maximum atomic E-state index is 12.3. The number of nitrogens with zero attached hydrogens (tertiary/aromatic N) is 1. The minimum atomic E-state index is -0.493. The number of amides is 1. The zero-order chi connectivity index (χ0) is 14.0. The highest BCUT2D eigenvalue weighted by Crippen LogP contribution is 2.23. The summed E-state index contributed by atoms with van der Waals surface area (Å²) in [5.41, 5.74) is 0.575. The first-order valence-corrected chi connectivity index (χ1v) is 6.65. The number of nitrogens with one attached hydrogen (secondary N) is 1. The van der Waals surface area contributed by atoms with Gasteiger partial charge in [0.15, 0.2) is 5.43 Å². The van der Waals surface area contributed by atoms with Gasteiger partial charge >= 0.3 is 0 Å². The molecule has 19 heavy (non-hydrogen) atoms. The van der Waals surface area contributed by atoms with Gasteiger partial charge in [0.25, 0.3) is 5.91 Å². The molecule has 1 aromatic rings. The molecular weight excluding hydrogens is 244 g/mol. The van der Waals surface area contributed by atoms with Crippen molar-refractivity contribution in [1.29, 1.82) is 0 Å². The van der Waals surface area contributed by atoms with Gasteiger partial charge in [-0.1, -0.05) is 12.8 Å². The number of carbonyl (C=O) groups excluding carboxylic acids is 1. The van der Waals surface area contributed by atoms with Gasteiger partial charge in [0.2, 0.25) is 0 Å². The van der Waals surface area contributed by atoms with Gasteiger partial charge in [0, 0.05) is 25.0 Å². The summed E-state index contributed by atoms with van der Waals surface area (Å²) < 4.78 is 0. The molecule has 0 radical (unpaired) electrons. The van der Waals surface area contributed by atoms with Crippen molar-refractivity contribution >= 4 is 5.91 Å². The summed E-state index contributed by atoms with van der Waals surface area (Å²) >= 11 is 0. The van der Waals surface area contributed by atoms with Crippen LogP contribution in [0.25, 0.3) is 0 Å². The number of likely N-dealkylation sites (N-methyl/N-ethyl adjacent to an activating group) is 1. The topological polar surface area (TPSA) is 73.4 Å². The fraction of sp³-hybridized carbons (Fsp3) is 0.571. The molecular formula is C14H20N2O3. The minimum Gasteiger partial charge on any atom is -0.391 e. The van der Waals surface area contributed by atoms with E-state index in [9.17, 15) is 14.7 Å². The summed E-state index contributed by atoms with van der Waals surface area (Å²) in [5, 5.41) is 9.97. The Balaban J connectivity index is 2.20. The van der Waals surface area contributed by atoms with Crippen LogP contribution in [0.2, 0.25) is 0 Å². The van der Waals surface area contributed by atoms with Gasteiger partial charge in [-0.2, -0.15) is 0 Å². The molecule has 0 aliphatic heterocycles. The molecule has 2 unspecified atom stereocenters. The van der Waals surface area contributed by atoms with Crippen molar-refractivity contribution in [2.75, 3.05) is 7.05 Å². The van der Waals surface area contributed by atoms with Gasteiger partial charge < -0.3 is 15.0 Å². The maximum Gasteiger partial charge on any atom is 0.259 e. The number of rotatable bonds is 2. The van der Waals surface area contributed by atoms with Gasteiger partial charge in [-0.25, -0.2) is 0 Å². The monoisotopic (exact) mass is 264 g/mol. The van der Waals surface area contributed by atoms with Crippen molar-refractivity contribution in [3.63, 3.8) is 0 Å². The quantitative estimate of drug-likeness (QED) is 0.838. The number of hydrogen-bond acceptors (Lipinski definition) is 3. The van der Waals surface area contributed by atoms with Crippen LogP contribution in [0, 0.1) is 6.92 Å². The number of aryl methyl sites for hydroxylation is 1. The van der Waals surface area contributed by atoms with Crippen molar-refractivity contribution in [1.82, 2.24) is 9.88 Å². The van der Waals surface area contributed by atoms with Crippen molar-refractivity contribution in [3.05, 3.63) is 33.7 Å². The lowest BCUT2D eigenvalue weighted by Crippen LogP contribution is -2.47. The van der Waals surface area contributed by atoms with E-state index in [0.717, 1.165) is 25.0 Å². The fourth-order valence-corrected chi connectivity index (χ4v) is 2.62. The largest absolute Gasteiger partial charge is 0.391 e. The molecule has 1 heterocycles. The van der Waals surface area contributed by atoms with Gasteiger partial charge in [-0.15, -0.1) is 0 Å². The van der Waals surface area contributed by atoms with E-state index in [1.165, 1.54) is 17.2 Å². The summed E-state index contributed by atoms with van der Waals surface area (Å²) in [6.45, 7) is 1.77. The molecule has 5 nitrogen and oxygen atoms in total. The van der Waals surface area contributed by atoms with Gasteiger partial charge in [0.1, 0.15) is 5.56 Å². The third kappa shape index (κ3) is 2.87. The number of hydrogen-bond donors (Lipinski definition) is 2. The standard InChI is InChI=1S/C14H20N2O3/c1-9-7-13(18)10(8-15-9)14(19)16(2)11-5-3-4-6-12(11)17/h7-8,11-12,17H,3-6H2,1-2H3,(H,15,18). The zero-order valence-electron chi connectivity index (χ0n) is 11.3. The highest BCUT2D eigenvalue weighted by Gasteiger charge is 2.30. The van der Waals surface area contributed by atoms with Crippen LogP contribution in [-0.2, 0) is 0 Å². The van der Waals surface area contributed by atoms with E-state index in [2.05, 4.69) is 4.98 Å². The summed E-state index contributed by atoms with van der Waals surface area (Å²) in [4.78, 5) is 28.5. The molecule has 1 aromatic heterocycles. The first-order chi connectivity index (χ1) is 9.00. The molecule has 0 bridgehead atoms. The van der Waals surface area contributed by atoms with Crippen LogP contribution in [0.15, 0.2) is 17.1 Å². The maximum absolute atomic E-state index is 12.3. The second-order valence-electron chi connectivity index (χ2n) is 5.23. The zero-order valence-corrected chi connectivity index (χ0v) is 11.3. The van der Waals surface area contributed by atoms with Crippen LogP contribution in [0.4, 0.5) is 0 Å². The number of pyridine rings is 1. The molecule has 104 valence electrons. The van der Waals surface area contributed by atoms with Gasteiger partial charge in [-0.05, 0) is 19.8 Å². The van der Waals surface area contributed by atoms with Crippen LogP contribution in [0.1, 0.15) is 41.7 Å². The van der Waals surface area contributed by atoms with Gasteiger partial charge in [-0.3, -0.25) is 9.59 Å². The second-order valence-corrected chi connectivity index (χ2v) is 5.23. The lowest BCUT2D eigenvalue weighted by molar-refractivity contribution is 0.0267. The number of aliphatic hydroxyl groups is 1. The highest BCUT2D eigenvalue weighted by atomic mass is 16.3. The Bertz CT molecular complexity index is 524. The van der Waals surface area contributed by atoms with Crippen LogP contribution >= 0.6 is 0 Å². The number of aliphatic hydroxyl groups excluding tert-OH is 1. The number of carbonyl (C=O) groups is 1. The fourth-order valence-electron chi connectivity index (χ4n) is 2.62. The van der Waals surface area contributed by atoms with E-state index in [1.807, 2.05) is 0 Å². The Hall–Kier alpha value is -1.62. The Morgan fingerprint density at radius 1 is 1.42 bits per heavy atom. The number of H-pyrrole nitrogens is 1. The Morgan fingerprint density at radius 3 is 2.74 bits per heavy atom. The van der Waals surface area contributed by atoms with E-state index < -0.39 is 6.10 Å². The first kappa shape index (κ1) is 13.8. The summed E-state index contributed by atoms with van der Waals surface area (Å²) in [6, 6.07) is 1.22. The van der Waals surface area contributed by atoms with Crippen LogP contribution in [-0.4, -0.2) is 40.1 Å².